The summed E-state index contributed by atoms with van der Waals surface area (Å²) < 4.78 is 0. The summed E-state index contributed by atoms with van der Waals surface area (Å²) in [5, 5.41) is 0. The highest BCUT2D eigenvalue weighted by Gasteiger charge is 2.49. The molecule has 2 bridgehead atoms. The molecule has 12 heavy (non-hydrogen) atoms. The van der Waals surface area contributed by atoms with Gasteiger partial charge < -0.3 is 4.79 Å². The molecule has 2 atom stereocenters. The van der Waals surface area contributed by atoms with Crippen LogP contribution in [0.1, 0.15) is 39.5 Å². The third-order valence-corrected chi connectivity index (χ3v) is 4.05. The maximum atomic E-state index is 11.0. The minimum Gasteiger partial charge on any atom is -0.300 e. The van der Waals surface area contributed by atoms with Crippen LogP contribution in [-0.4, -0.2) is 5.78 Å². The van der Waals surface area contributed by atoms with Crippen molar-refractivity contribution in [3.8, 4) is 0 Å². The van der Waals surface area contributed by atoms with Crippen LogP contribution in [0.5, 0.6) is 0 Å². The highest BCUT2D eigenvalue weighted by Crippen LogP contribution is 2.56. The van der Waals surface area contributed by atoms with E-state index in [0.717, 1.165) is 30.1 Å². The van der Waals surface area contributed by atoms with Crippen LogP contribution >= 0.6 is 0 Å². The summed E-state index contributed by atoms with van der Waals surface area (Å²) in [7, 11) is 0. The number of ketones is 1. The minimum absolute atomic E-state index is 0.392. The molecular formula is C11H18O. The standard InChI is InChI=1S/C11H18O/c1-7(12)6-11-9-4-3-5-10(11)8(9)2/h8-11H,3-6H2,1-2H3. The molecule has 0 N–H and O–H groups in total. The Labute approximate surface area is 74.5 Å². The second-order valence-electron chi connectivity index (χ2n) is 4.69. The molecular weight excluding hydrogens is 148 g/mol. The van der Waals surface area contributed by atoms with Gasteiger partial charge in [0.2, 0.25) is 0 Å². The number of rotatable bonds is 2. The first kappa shape index (κ1) is 8.28. The first-order valence-electron chi connectivity index (χ1n) is 5.19. The minimum atomic E-state index is 0.392. The van der Waals surface area contributed by atoms with Crippen LogP contribution in [0.25, 0.3) is 0 Å². The van der Waals surface area contributed by atoms with E-state index in [-0.39, 0.29) is 0 Å². The molecule has 0 amide bonds. The van der Waals surface area contributed by atoms with Crippen LogP contribution in [0, 0.1) is 23.7 Å². The van der Waals surface area contributed by atoms with E-state index in [1.807, 2.05) is 0 Å². The molecule has 3 aliphatic rings. The summed E-state index contributed by atoms with van der Waals surface area (Å²) in [4.78, 5) is 11.0. The van der Waals surface area contributed by atoms with Crippen molar-refractivity contribution in [1.82, 2.24) is 0 Å². The fourth-order valence-electron chi connectivity index (χ4n) is 3.45. The Balaban J connectivity index is 1.97. The summed E-state index contributed by atoms with van der Waals surface area (Å²) in [5.74, 6) is 3.87. The van der Waals surface area contributed by atoms with Crippen LogP contribution in [0.4, 0.5) is 0 Å². The maximum absolute atomic E-state index is 11.0. The molecule has 1 nitrogen and oxygen atoms in total. The SMILES string of the molecule is CC(=O)CC1C2CCCC1C2C. The van der Waals surface area contributed by atoms with Crippen LogP contribution in [0.15, 0.2) is 0 Å². The Hall–Kier alpha value is -0.330. The lowest BCUT2D eigenvalue weighted by molar-refractivity contribution is -0.125. The van der Waals surface area contributed by atoms with E-state index in [4.69, 9.17) is 0 Å². The van der Waals surface area contributed by atoms with Gasteiger partial charge >= 0.3 is 0 Å². The highest BCUT2D eigenvalue weighted by molar-refractivity contribution is 5.75. The van der Waals surface area contributed by atoms with E-state index in [1.165, 1.54) is 19.3 Å². The van der Waals surface area contributed by atoms with Crippen molar-refractivity contribution in [3.05, 3.63) is 0 Å². The molecule has 3 fully saturated rings. The lowest BCUT2D eigenvalue weighted by Gasteiger charge is -2.55. The third-order valence-electron chi connectivity index (χ3n) is 4.05. The average Bonchev–Trinajstić information content (AvgIpc) is 2.05. The highest BCUT2D eigenvalue weighted by atomic mass is 16.1. The lowest BCUT2D eigenvalue weighted by atomic mass is 9.50. The number of fused-ring (bicyclic) bond motifs is 2. The molecule has 0 heterocycles. The fraction of sp³-hybridized carbons (Fsp3) is 0.909. The quantitative estimate of drug-likeness (QED) is 0.616. The molecule has 0 radical (unpaired) electrons. The maximum Gasteiger partial charge on any atom is 0.130 e. The van der Waals surface area contributed by atoms with Crippen molar-refractivity contribution < 1.29 is 4.79 Å². The van der Waals surface area contributed by atoms with E-state index in [1.54, 1.807) is 6.92 Å². The normalized spacial score (nSPS) is 45.2. The van der Waals surface area contributed by atoms with Gasteiger partial charge in [-0.2, -0.15) is 0 Å². The van der Waals surface area contributed by atoms with Gasteiger partial charge in [0.05, 0.1) is 0 Å². The van der Waals surface area contributed by atoms with Crippen molar-refractivity contribution >= 4 is 5.78 Å². The number of hydrogen-bond acceptors (Lipinski definition) is 1. The first-order valence-corrected chi connectivity index (χ1v) is 5.19. The largest absolute Gasteiger partial charge is 0.300 e. The lowest BCUT2D eigenvalue weighted by Crippen LogP contribution is -2.49. The molecule has 68 valence electrons. The molecule has 0 aliphatic heterocycles. The van der Waals surface area contributed by atoms with Gasteiger partial charge in [-0.1, -0.05) is 13.3 Å². The molecule has 2 unspecified atom stereocenters. The second kappa shape index (κ2) is 2.86. The van der Waals surface area contributed by atoms with E-state index in [2.05, 4.69) is 6.92 Å². The molecule has 0 saturated heterocycles. The molecule has 0 aromatic heterocycles. The Morgan fingerprint density at radius 2 is 1.92 bits per heavy atom. The van der Waals surface area contributed by atoms with Gasteiger partial charge in [-0.3, -0.25) is 0 Å². The van der Waals surface area contributed by atoms with E-state index in [9.17, 15) is 4.79 Å². The van der Waals surface area contributed by atoms with Crippen molar-refractivity contribution in [2.45, 2.75) is 39.5 Å². The van der Waals surface area contributed by atoms with Gasteiger partial charge in [-0.25, -0.2) is 0 Å². The molecule has 0 aromatic carbocycles. The zero-order chi connectivity index (χ0) is 8.72. The van der Waals surface area contributed by atoms with Crippen LogP contribution < -0.4 is 0 Å². The third kappa shape index (κ3) is 1.10. The summed E-state index contributed by atoms with van der Waals surface area (Å²) in [6, 6.07) is 0. The van der Waals surface area contributed by atoms with Crippen molar-refractivity contribution in [3.63, 3.8) is 0 Å². The van der Waals surface area contributed by atoms with Crippen LogP contribution in [0.3, 0.4) is 0 Å². The van der Waals surface area contributed by atoms with Crippen molar-refractivity contribution in [1.29, 1.82) is 0 Å². The van der Waals surface area contributed by atoms with Crippen LogP contribution in [-0.2, 0) is 4.79 Å². The fourth-order valence-corrected chi connectivity index (χ4v) is 3.45. The topological polar surface area (TPSA) is 17.1 Å². The predicted octanol–water partition coefficient (Wildman–Crippen LogP) is 2.65. The van der Waals surface area contributed by atoms with Gasteiger partial charge in [0.15, 0.2) is 0 Å². The molecule has 3 aliphatic carbocycles. The molecule has 3 saturated carbocycles. The van der Waals surface area contributed by atoms with Gasteiger partial charge in [0.25, 0.3) is 0 Å². The van der Waals surface area contributed by atoms with Gasteiger partial charge in [-0.05, 0) is 43.4 Å². The van der Waals surface area contributed by atoms with Crippen LogP contribution in [0.2, 0.25) is 0 Å². The summed E-state index contributed by atoms with van der Waals surface area (Å²) in [5.41, 5.74) is 0. The monoisotopic (exact) mass is 166 g/mol. The first-order chi connectivity index (χ1) is 5.70. The number of hydrogen-bond donors (Lipinski definition) is 0. The van der Waals surface area contributed by atoms with Gasteiger partial charge in [-0.15, -0.1) is 0 Å². The number of Topliss-reactive ketones (excluding diaryl/α,β-unsaturated/α-hetero) is 1. The van der Waals surface area contributed by atoms with E-state index >= 15 is 0 Å². The number of carbonyl (C=O) groups is 1. The number of carbonyl (C=O) groups excluding carboxylic acids is 1. The Kier molecular flexibility index (Phi) is 1.97. The van der Waals surface area contributed by atoms with Gasteiger partial charge in [0, 0.05) is 6.42 Å². The zero-order valence-corrected chi connectivity index (χ0v) is 8.05. The zero-order valence-electron chi connectivity index (χ0n) is 8.05. The van der Waals surface area contributed by atoms with E-state index < -0.39 is 0 Å². The molecule has 1 heteroatoms. The summed E-state index contributed by atoms with van der Waals surface area (Å²) in [6.07, 6.45) is 5.04. The molecule has 0 spiro atoms. The Bertz CT molecular complexity index is 185. The summed E-state index contributed by atoms with van der Waals surface area (Å²) >= 11 is 0. The van der Waals surface area contributed by atoms with Crippen molar-refractivity contribution in [2.24, 2.45) is 23.7 Å². The molecule has 3 rings (SSSR count). The smallest absolute Gasteiger partial charge is 0.130 e. The summed E-state index contributed by atoms with van der Waals surface area (Å²) in [6.45, 7) is 4.10. The Morgan fingerprint density at radius 3 is 2.33 bits per heavy atom. The molecule has 0 aromatic rings. The second-order valence-corrected chi connectivity index (χ2v) is 4.69. The Morgan fingerprint density at radius 1 is 1.33 bits per heavy atom. The van der Waals surface area contributed by atoms with Crippen molar-refractivity contribution in [2.75, 3.05) is 0 Å². The average molecular weight is 166 g/mol. The van der Waals surface area contributed by atoms with E-state index in [0.29, 0.717) is 5.78 Å². The van der Waals surface area contributed by atoms with Gasteiger partial charge in [0.1, 0.15) is 5.78 Å². The predicted molar refractivity (Wildman–Crippen MR) is 48.8 cm³/mol.